The molecule has 0 saturated carbocycles. The Bertz CT molecular complexity index is 1210. The molecule has 0 unspecified atom stereocenters. The maximum atomic E-state index is 3.90. The van der Waals surface area contributed by atoms with Crippen molar-refractivity contribution in [1.82, 2.24) is 0 Å². The zero-order valence-electron chi connectivity index (χ0n) is 20.7. The monoisotopic (exact) mass is 429 g/mol. The number of hydrogen-bond acceptors (Lipinski definition) is 0. The molecule has 0 aliphatic heterocycles. The smallest absolute Gasteiger partial charge is 0.000706 e. The van der Waals surface area contributed by atoms with Crippen LogP contribution in [0.2, 0.25) is 0 Å². The zero-order chi connectivity index (χ0) is 23.4. The minimum Gasteiger partial charge on any atom is -0.0622 e. The molecule has 1 aliphatic rings. The Balaban J connectivity index is 1.76. The van der Waals surface area contributed by atoms with Gasteiger partial charge in [0.2, 0.25) is 0 Å². The first-order chi connectivity index (χ1) is 15.6. The molecular formula is C33H33. The quantitative estimate of drug-likeness (QED) is 0.263. The minimum absolute atomic E-state index is 0.0285. The molecule has 0 nitrogen and oxygen atoms in total. The number of fused-ring (bicyclic) bond motifs is 3. The molecule has 0 N–H and O–H groups in total. The van der Waals surface area contributed by atoms with E-state index in [0.29, 0.717) is 0 Å². The Hall–Kier alpha value is -3.12. The van der Waals surface area contributed by atoms with Crippen LogP contribution in [0.25, 0.3) is 33.4 Å². The Labute approximate surface area is 199 Å². The van der Waals surface area contributed by atoms with Gasteiger partial charge in [-0.1, -0.05) is 108 Å². The lowest BCUT2D eigenvalue weighted by Crippen LogP contribution is -2.13. The third-order valence-corrected chi connectivity index (χ3v) is 6.79. The molecule has 5 rings (SSSR count). The van der Waals surface area contributed by atoms with Gasteiger partial charge in [0.15, 0.2) is 0 Å². The molecule has 1 radical (unpaired) electrons. The van der Waals surface area contributed by atoms with Gasteiger partial charge in [-0.2, -0.15) is 0 Å². The fourth-order valence-corrected chi connectivity index (χ4v) is 5.11. The Morgan fingerprint density at radius 3 is 1.67 bits per heavy atom. The van der Waals surface area contributed by atoms with Crippen LogP contribution in [0.15, 0.2) is 78.9 Å². The molecule has 0 bridgehead atoms. The molecule has 4 aromatic rings. The van der Waals surface area contributed by atoms with Crippen molar-refractivity contribution in [1.29, 1.82) is 0 Å². The van der Waals surface area contributed by atoms with Crippen LogP contribution in [0.1, 0.15) is 63.8 Å². The molecule has 0 fully saturated rings. The molecule has 4 aromatic carbocycles. The lowest BCUT2D eigenvalue weighted by molar-refractivity contribution is 0.590. The fraction of sp³-hybridized carbons (Fsp3) is 0.273. The van der Waals surface area contributed by atoms with E-state index < -0.39 is 0 Å². The SMILES string of the molecule is CC(C)(C)c1[c]c2c(cc1-c1ccccc1)-c1cc(-c3ccccc3)c(C(C)(C)C)cc1C2. The van der Waals surface area contributed by atoms with E-state index in [1.165, 1.54) is 55.6 Å². The summed E-state index contributed by atoms with van der Waals surface area (Å²) < 4.78 is 0. The fourth-order valence-electron chi connectivity index (χ4n) is 5.11. The average molecular weight is 430 g/mol. The summed E-state index contributed by atoms with van der Waals surface area (Å²) in [5, 5.41) is 0. The van der Waals surface area contributed by atoms with E-state index in [-0.39, 0.29) is 10.8 Å². The lowest BCUT2D eigenvalue weighted by atomic mass is 9.79. The molecule has 0 aromatic heterocycles. The summed E-state index contributed by atoms with van der Waals surface area (Å²) >= 11 is 0. The van der Waals surface area contributed by atoms with Gasteiger partial charge < -0.3 is 0 Å². The molecule has 33 heavy (non-hydrogen) atoms. The van der Waals surface area contributed by atoms with E-state index >= 15 is 0 Å². The van der Waals surface area contributed by atoms with Crippen LogP contribution in [0.5, 0.6) is 0 Å². The molecule has 0 atom stereocenters. The van der Waals surface area contributed by atoms with Crippen molar-refractivity contribution in [3.8, 4) is 33.4 Å². The van der Waals surface area contributed by atoms with Crippen molar-refractivity contribution in [2.24, 2.45) is 0 Å². The second-order valence-electron chi connectivity index (χ2n) is 11.4. The van der Waals surface area contributed by atoms with Crippen LogP contribution in [0.3, 0.4) is 0 Å². The van der Waals surface area contributed by atoms with Crippen LogP contribution in [-0.4, -0.2) is 0 Å². The highest BCUT2D eigenvalue weighted by Crippen LogP contribution is 2.46. The maximum absolute atomic E-state index is 3.90. The summed E-state index contributed by atoms with van der Waals surface area (Å²) in [6.07, 6.45) is 0.959. The van der Waals surface area contributed by atoms with E-state index in [4.69, 9.17) is 0 Å². The molecule has 0 saturated heterocycles. The summed E-state index contributed by atoms with van der Waals surface area (Å²) in [4.78, 5) is 0. The predicted octanol–water partition coefficient (Wildman–Crippen LogP) is 8.99. The lowest BCUT2D eigenvalue weighted by Gasteiger charge is -2.25. The molecule has 165 valence electrons. The Morgan fingerprint density at radius 1 is 0.576 bits per heavy atom. The van der Waals surface area contributed by atoms with E-state index in [1.807, 2.05) is 0 Å². The largest absolute Gasteiger partial charge is 0.0622 e. The normalized spacial score (nSPS) is 13.0. The van der Waals surface area contributed by atoms with E-state index in [1.54, 1.807) is 0 Å². The minimum atomic E-state index is 0.0285. The van der Waals surface area contributed by atoms with E-state index in [0.717, 1.165) is 6.42 Å². The van der Waals surface area contributed by atoms with Crippen molar-refractivity contribution in [3.63, 3.8) is 0 Å². The maximum Gasteiger partial charge on any atom is -0.000706 e. The first-order valence-corrected chi connectivity index (χ1v) is 12.0. The predicted molar refractivity (Wildman–Crippen MR) is 142 cm³/mol. The summed E-state index contributed by atoms with van der Waals surface area (Å²) in [5.74, 6) is 0. The molecule has 0 heteroatoms. The van der Waals surface area contributed by atoms with Gasteiger partial charge in [0.1, 0.15) is 0 Å². The molecule has 0 spiro atoms. The highest BCUT2D eigenvalue weighted by atomic mass is 14.3. The van der Waals surface area contributed by atoms with Gasteiger partial charge in [-0.3, -0.25) is 0 Å². The van der Waals surface area contributed by atoms with Crippen molar-refractivity contribution >= 4 is 0 Å². The highest BCUT2D eigenvalue weighted by molar-refractivity contribution is 5.87. The number of rotatable bonds is 2. The number of benzene rings is 4. The molecule has 1 aliphatic carbocycles. The summed E-state index contributed by atoms with van der Waals surface area (Å²) in [6.45, 7) is 13.8. The summed E-state index contributed by atoms with van der Waals surface area (Å²) in [6, 6.07) is 32.9. The van der Waals surface area contributed by atoms with Gasteiger partial charge in [-0.25, -0.2) is 0 Å². The second-order valence-corrected chi connectivity index (χ2v) is 11.4. The van der Waals surface area contributed by atoms with Gasteiger partial charge in [0.05, 0.1) is 0 Å². The number of hydrogen-bond donors (Lipinski definition) is 0. The summed E-state index contributed by atoms with van der Waals surface area (Å²) in [7, 11) is 0. The topological polar surface area (TPSA) is 0 Å². The van der Waals surface area contributed by atoms with Crippen molar-refractivity contribution in [3.05, 3.63) is 107 Å². The molecule has 0 amide bonds. The highest BCUT2D eigenvalue weighted by Gasteiger charge is 2.29. The van der Waals surface area contributed by atoms with Gasteiger partial charge >= 0.3 is 0 Å². The van der Waals surface area contributed by atoms with Crippen molar-refractivity contribution in [2.45, 2.75) is 58.8 Å². The first kappa shape index (κ1) is 21.7. The molecule has 0 heterocycles. The van der Waals surface area contributed by atoms with Gasteiger partial charge in [-0.15, -0.1) is 0 Å². The van der Waals surface area contributed by atoms with Crippen LogP contribution in [0.4, 0.5) is 0 Å². The average Bonchev–Trinajstić information content (AvgIpc) is 3.14. The second kappa shape index (κ2) is 7.73. The third kappa shape index (κ3) is 3.93. The Kier molecular flexibility index (Phi) is 5.09. The van der Waals surface area contributed by atoms with E-state index in [9.17, 15) is 0 Å². The van der Waals surface area contributed by atoms with Crippen LogP contribution in [0, 0.1) is 6.07 Å². The first-order valence-electron chi connectivity index (χ1n) is 12.0. The molecular weight excluding hydrogens is 396 g/mol. The zero-order valence-corrected chi connectivity index (χ0v) is 20.7. The van der Waals surface area contributed by atoms with E-state index in [2.05, 4.69) is 126 Å². The van der Waals surface area contributed by atoms with Crippen LogP contribution < -0.4 is 0 Å². The van der Waals surface area contributed by atoms with Crippen molar-refractivity contribution in [2.75, 3.05) is 0 Å². The van der Waals surface area contributed by atoms with Crippen molar-refractivity contribution < 1.29 is 0 Å². The van der Waals surface area contributed by atoms with Gasteiger partial charge in [-0.05, 0) is 91.1 Å². The summed E-state index contributed by atoms with van der Waals surface area (Å²) in [5.41, 5.74) is 13.5. The van der Waals surface area contributed by atoms with Crippen LogP contribution in [-0.2, 0) is 17.3 Å². The van der Waals surface area contributed by atoms with Gasteiger partial charge in [0.25, 0.3) is 0 Å². The third-order valence-electron chi connectivity index (χ3n) is 6.79. The standard InChI is InChI=1S/C33H33/c1-32(2,3)30-18-24-17-25-19-31(33(4,5)6)29(23-15-11-8-12-16-23)21-27(25)26(24)20-28(30)22-13-9-7-10-14-22/h7-16,18,20-21H,17H2,1-6H3. The van der Waals surface area contributed by atoms with Crippen LogP contribution >= 0.6 is 0 Å². The Morgan fingerprint density at radius 2 is 1.12 bits per heavy atom. The van der Waals surface area contributed by atoms with Gasteiger partial charge in [0, 0.05) is 0 Å².